The first-order chi connectivity index (χ1) is 13.0. The van der Waals surface area contributed by atoms with Crippen molar-refractivity contribution in [2.24, 2.45) is 0 Å². The third kappa shape index (κ3) is 4.69. The molecule has 7 heteroatoms. The monoisotopic (exact) mass is 366 g/mol. The number of carbonyl (C=O) groups excluding carboxylic acids is 3. The molecule has 7 nitrogen and oxygen atoms in total. The summed E-state index contributed by atoms with van der Waals surface area (Å²) in [5, 5.41) is 2.66. The molecule has 2 heterocycles. The maximum atomic E-state index is 12.4. The van der Waals surface area contributed by atoms with E-state index in [-0.39, 0.29) is 24.3 Å². The van der Waals surface area contributed by atoms with E-state index < -0.39 is 0 Å². The molecule has 1 N–H and O–H groups in total. The SMILES string of the molecule is Cc1ccc(C(=O)NCC(=O)N2CCN(C(=O)c3ccncc3)CC2)cc1. The van der Waals surface area contributed by atoms with Crippen LogP contribution in [0.4, 0.5) is 0 Å². The van der Waals surface area contributed by atoms with Crippen LogP contribution >= 0.6 is 0 Å². The highest BCUT2D eigenvalue weighted by atomic mass is 16.2. The van der Waals surface area contributed by atoms with E-state index in [1.165, 1.54) is 0 Å². The lowest BCUT2D eigenvalue weighted by Gasteiger charge is -2.34. The van der Waals surface area contributed by atoms with Gasteiger partial charge in [0.05, 0.1) is 6.54 Å². The van der Waals surface area contributed by atoms with Crippen LogP contribution in [-0.4, -0.2) is 65.2 Å². The van der Waals surface area contributed by atoms with Crippen LogP contribution in [0.1, 0.15) is 26.3 Å². The van der Waals surface area contributed by atoms with E-state index in [0.717, 1.165) is 5.56 Å². The number of aryl methyl sites for hydroxylation is 1. The van der Waals surface area contributed by atoms with Gasteiger partial charge in [0.1, 0.15) is 0 Å². The Balaban J connectivity index is 1.46. The van der Waals surface area contributed by atoms with Crippen molar-refractivity contribution in [2.75, 3.05) is 32.7 Å². The standard InChI is InChI=1S/C20H22N4O3/c1-15-2-4-16(5-3-15)19(26)22-14-18(25)23-10-12-24(13-11-23)20(27)17-6-8-21-9-7-17/h2-9H,10-14H2,1H3,(H,22,26). The highest BCUT2D eigenvalue weighted by Crippen LogP contribution is 2.08. The van der Waals surface area contributed by atoms with Crippen LogP contribution in [0.2, 0.25) is 0 Å². The van der Waals surface area contributed by atoms with Crippen molar-refractivity contribution < 1.29 is 14.4 Å². The molecule has 27 heavy (non-hydrogen) atoms. The smallest absolute Gasteiger partial charge is 0.254 e. The van der Waals surface area contributed by atoms with Crippen molar-refractivity contribution in [3.05, 3.63) is 65.5 Å². The molecule has 1 saturated heterocycles. The normalized spacial score (nSPS) is 14.0. The topological polar surface area (TPSA) is 82.6 Å². The second-order valence-electron chi connectivity index (χ2n) is 6.46. The second-order valence-corrected chi connectivity index (χ2v) is 6.46. The molecule has 0 bridgehead atoms. The Morgan fingerprint density at radius 1 is 0.889 bits per heavy atom. The van der Waals surface area contributed by atoms with Crippen molar-refractivity contribution in [3.8, 4) is 0 Å². The summed E-state index contributed by atoms with van der Waals surface area (Å²) in [6.07, 6.45) is 3.17. The van der Waals surface area contributed by atoms with Crippen LogP contribution in [0.15, 0.2) is 48.8 Å². The van der Waals surface area contributed by atoms with E-state index in [2.05, 4.69) is 10.3 Å². The lowest BCUT2D eigenvalue weighted by Crippen LogP contribution is -2.52. The minimum Gasteiger partial charge on any atom is -0.343 e. The van der Waals surface area contributed by atoms with Crippen molar-refractivity contribution >= 4 is 17.7 Å². The van der Waals surface area contributed by atoms with Crippen molar-refractivity contribution in [3.63, 3.8) is 0 Å². The Morgan fingerprint density at radius 2 is 1.48 bits per heavy atom. The fourth-order valence-electron chi connectivity index (χ4n) is 2.91. The van der Waals surface area contributed by atoms with Crippen molar-refractivity contribution in [1.82, 2.24) is 20.1 Å². The van der Waals surface area contributed by atoms with Gasteiger partial charge in [0.25, 0.3) is 11.8 Å². The zero-order valence-electron chi connectivity index (χ0n) is 15.2. The molecule has 0 radical (unpaired) electrons. The van der Waals surface area contributed by atoms with Gasteiger partial charge < -0.3 is 15.1 Å². The Hall–Kier alpha value is -3.22. The number of pyridine rings is 1. The molecule has 1 aromatic carbocycles. The number of amides is 3. The first-order valence-corrected chi connectivity index (χ1v) is 8.86. The number of aromatic nitrogens is 1. The molecule has 1 fully saturated rings. The average molecular weight is 366 g/mol. The fraction of sp³-hybridized carbons (Fsp3) is 0.300. The average Bonchev–Trinajstić information content (AvgIpc) is 2.72. The predicted octanol–water partition coefficient (Wildman–Crippen LogP) is 1.10. The molecule has 3 rings (SSSR count). The van der Waals surface area contributed by atoms with Crippen LogP contribution < -0.4 is 5.32 Å². The van der Waals surface area contributed by atoms with Crippen LogP contribution in [0, 0.1) is 6.92 Å². The predicted molar refractivity (Wildman–Crippen MR) is 100 cm³/mol. The first kappa shape index (κ1) is 18.6. The van der Waals surface area contributed by atoms with E-state index in [9.17, 15) is 14.4 Å². The zero-order chi connectivity index (χ0) is 19.2. The summed E-state index contributed by atoms with van der Waals surface area (Å²) in [6.45, 7) is 3.75. The Morgan fingerprint density at radius 3 is 2.11 bits per heavy atom. The Bertz CT molecular complexity index is 813. The minimum atomic E-state index is -0.269. The third-order valence-corrected chi connectivity index (χ3v) is 4.56. The molecule has 2 aromatic rings. The molecular weight excluding hydrogens is 344 g/mol. The fourth-order valence-corrected chi connectivity index (χ4v) is 2.91. The number of benzene rings is 1. The molecule has 0 saturated carbocycles. The number of carbonyl (C=O) groups is 3. The van der Waals surface area contributed by atoms with Gasteiger partial charge in [-0.1, -0.05) is 17.7 Å². The Kier molecular flexibility index (Phi) is 5.80. The number of nitrogens with one attached hydrogen (secondary N) is 1. The first-order valence-electron chi connectivity index (χ1n) is 8.86. The van der Waals surface area contributed by atoms with Gasteiger partial charge in [-0.15, -0.1) is 0 Å². The molecule has 3 amide bonds. The van der Waals surface area contributed by atoms with E-state index in [1.807, 2.05) is 19.1 Å². The number of nitrogens with zero attached hydrogens (tertiary/aromatic N) is 3. The highest BCUT2D eigenvalue weighted by Gasteiger charge is 2.25. The lowest BCUT2D eigenvalue weighted by molar-refractivity contribution is -0.131. The molecule has 0 spiro atoms. The Labute approximate surface area is 158 Å². The van der Waals surface area contributed by atoms with Crippen LogP contribution in [0.3, 0.4) is 0 Å². The van der Waals surface area contributed by atoms with Gasteiger partial charge in [-0.05, 0) is 31.2 Å². The van der Waals surface area contributed by atoms with Gasteiger partial charge in [0.2, 0.25) is 5.91 Å². The molecule has 1 aliphatic heterocycles. The summed E-state index contributed by atoms with van der Waals surface area (Å²) in [4.78, 5) is 44.2. The summed E-state index contributed by atoms with van der Waals surface area (Å²) in [6, 6.07) is 10.5. The van der Waals surface area contributed by atoms with E-state index >= 15 is 0 Å². The summed E-state index contributed by atoms with van der Waals surface area (Å²) in [5.74, 6) is -0.474. The van der Waals surface area contributed by atoms with Crippen molar-refractivity contribution in [1.29, 1.82) is 0 Å². The number of hydrogen-bond donors (Lipinski definition) is 1. The number of rotatable bonds is 4. The minimum absolute atomic E-state index is 0.0506. The van der Waals surface area contributed by atoms with Gasteiger partial charge in [0.15, 0.2) is 0 Å². The molecule has 140 valence electrons. The van der Waals surface area contributed by atoms with Gasteiger partial charge in [-0.3, -0.25) is 19.4 Å². The number of hydrogen-bond acceptors (Lipinski definition) is 4. The molecule has 0 unspecified atom stereocenters. The maximum Gasteiger partial charge on any atom is 0.254 e. The largest absolute Gasteiger partial charge is 0.343 e. The second kappa shape index (κ2) is 8.44. The van der Waals surface area contributed by atoms with Gasteiger partial charge in [0, 0.05) is 49.7 Å². The van der Waals surface area contributed by atoms with Crippen LogP contribution in [0.25, 0.3) is 0 Å². The maximum absolute atomic E-state index is 12.4. The molecular formula is C20H22N4O3. The van der Waals surface area contributed by atoms with Gasteiger partial charge >= 0.3 is 0 Å². The summed E-state index contributed by atoms with van der Waals surface area (Å²) >= 11 is 0. The van der Waals surface area contributed by atoms with E-state index in [1.54, 1.807) is 46.5 Å². The molecule has 1 aromatic heterocycles. The molecule has 0 aliphatic carbocycles. The lowest BCUT2D eigenvalue weighted by atomic mass is 10.1. The van der Waals surface area contributed by atoms with Gasteiger partial charge in [-0.25, -0.2) is 0 Å². The van der Waals surface area contributed by atoms with Crippen molar-refractivity contribution in [2.45, 2.75) is 6.92 Å². The quantitative estimate of drug-likeness (QED) is 0.879. The van der Waals surface area contributed by atoms with Crippen LogP contribution in [-0.2, 0) is 4.79 Å². The summed E-state index contributed by atoms with van der Waals surface area (Å²) in [7, 11) is 0. The van der Waals surface area contributed by atoms with E-state index in [0.29, 0.717) is 37.3 Å². The van der Waals surface area contributed by atoms with Crippen LogP contribution in [0.5, 0.6) is 0 Å². The van der Waals surface area contributed by atoms with E-state index in [4.69, 9.17) is 0 Å². The number of piperazine rings is 1. The third-order valence-electron chi connectivity index (χ3n) is 4.56. The zero-order valence-corrected chi connectivity index (χ0v) is 15.2. The molecule has 1 aliphatic rings. The summed E-state index contributed by atoms with van der Waals surface area (Å²) in [5.41, 5.74) is 2.19. The summed E-state index contributed by atoms with van der Waals surface area (Å²) < 4.78 is 0. The highest BCUT2D eigenvalue weighted by molar-refractivity contribution is 5.96. The molecule has 0 atom stereocenters. The van der Waals surface area contributed by atoms with Gasteiger partial charge in [-0.2, -0.15) is 0 Å².